The Morgan fingerprint density at radius 1 is 1.31 bits per heavy atom. The van der Waals surface area contributed by atoms with Crippen LogP contribution in [0.3, 0.4) is 0 Å². The minimum Gasteiger partial charge on any atom is -0.331 e. The fourth-order valence-corrected chi connectivity index (χ4v) is 3.04. The van der Waals surface area contributed by atoms with E-state index >= 15 is 0 Å². The number of hydrogen-bond acceptors (Lipinski definition) is 1. The molecular formula is C13H16N2S. The average Bonchev–Trinajstić information content (AvgIpc) is 3.00. The van der Waals surface area contributed by atoms with Crippen LogP contribution in [0, 0.1) is 10.7 Å². The average molecular weight is 232 g/mol. The summed E-state index contributed by atoms with van der Waals surface area (Å²) in [4.78, 5) is 3.29. The number of nitrogens with zero attached hydrogens (tertiary/aromatic N) is 1. The molecule has 0 unspecified atom stereocenters. The third-order valence-corrected chi connectivity index (χ3v) is 4.03. The topological polar surface area (TPSA) is 20.7 Å². The molecule has 0 radical (unpaired) electrons. The highest BCUT2D eigenvalue weighted by Crippen LogP contribution is 2.45. The quantitative estimate of drug-likeness (QED) is 0.780. The van der Waals surface area contributed by atoms with Crippen LogP contribution in [-0.4, -0.2) is 9.55 Å². The molecule has 0 spiro atoms. The molecule has 0 saturated heterocycles. The Kier molecular flexibility index (Phi) is 2.02. The van der Waals surface area contributed by atoms with Gasteiger partial charge in [0, 0.05) is 5.54 Å². The first-order chi connectivity index (χ1) is 7.60. The lowest BCUT2D eigenvalue weighted by atomic mass is 9.98. The molecule has 16 heavy (non-hydrogen) atoms. The van der Waals surface area contributed by atoms with Crippen LogP contribution >= 0.6 is 12.2 Å². The monoisotopic (exact) mass is 232 g/mol. The van der Waals surface area contributed by atoms with Crippen molar-refractivity contribution in [3.63, 3.8) is 0 Å². The van der Waals surface area contributed by atoms with Crippen molar-refractivity contribution in [2.45, 2.75) is 32.2 Å². The number of fused-ring (bicyclic) bond motifs is 1. The minimum atomic E-state index is 0.136. The van der Waals surface area contributed by atoms with Gasteiger partial charge in [0.1, 0.15) is 0 Å². The Morgan fingerprint density at radius 2 is 2.00 bits per heavy atom. The summed E-state index contributed by atoms with van der Waals surface area (Å²) in [6.45, 7) is 4.58. The summed E-state index contributed by atoms with van der Waals surface area (Å²) in [6, 6.07) is 8.35. The van der Waals surface area contributed by atoms with Gasteiger partial charge < -0.3 is 9.55 Å². The molecule has 0 bridgehead atoms. The maximum absolute atomic E-state index is 5.46. The number of para-hydroxylation sites is 2. The van der Waals surface area contributed by atoms with Crippen LogP contribution in [0.15, 0.2) is 24.3 Å². The number of aromatic nitrogens is 2. The van der Waals surface area contributed by atoms with E-state index in [4.69, 9.17) is 12.2 Å². The first-order valence-corrected chi connectivity index (χ1v) is 6.22. The highest BCUT2D eigenvalue weighted by Gasteiger charge is 2.40. The van der Waals surface area contributed by atoms with E-state index < -0.39 is 0 Å². The van der Waals surface area contributed by atoms with Gasteiger partial charge in [0.05, 0.1) is 11.0 Å². The zero-order valence-electron chi connectivity index (χ0n) is 9.66. The van der Waals surface area contributed by atoms with E-state index in [1.807, 2.05) is 6.07 Å². The van der Waals surface area contributed by atoms with Crippen molar-refractivity contribution >= 4 is 23.3 Å². The Bertz CT molecular complexity index is 587. The van der Waals surface area contributed by atoms with Gasteiger partial charge in [0.2, 0.25) is 0 Å². The number of rotatable bonds is 2. The Balaban J connectivity index is 2.30. The molecule has 1 aliphatic rings. The Morgan fingerprint density at radius 3 is 2.69 bits per heavy atom. The van der Waals surface area contributed by atoms with Crippen LogP contribution in [0.25, 0.3) is 11.0 Å². The molecular weight excluding hydrogens is 216 g/mol. The number of hydrogen-bond donors (Lipinski definition) is 1. The SMILES string of the molecule is CC(C)(C1CC1)n1c(=S)[nH]c2ccccc21. The largest absolute Gasteiger partial charge is 0.331 e. The third kappa shape index (κ3) is 1.34. The van der Waals surface area contributed by atoms with Gasteiger partial charge in [-0.05, 0) is 57.0 Å². The molecule has 3 rings (SSSR count). The molecule has 3 heteroatoms. The van der Waals surface area contributed by atoms with Gasteiger partial charge in [0.25, 0.3) is 0 Å². The van der Waals surface area contributed by atoms with E-state index in [0.717, 1.165) is 16.2 Å². The molecule has 1 aromatic carbocycles. The van der Waals surface area contributed by atoms with Crippen LogP contribution in [0.5, 0.6) is 0 Å². The van der Waals surface area contributed by atoms with Crippen LogP contribution < -0.4 is 0 Å². The lowest BCUT2D eigenvalue weighted by Gasteiger charge is -2.27. The maximum atomic E-state index is 5.46. The summed E-state index contributed by atoms with van der Waals surface area (Å²) in [5.74, 6) is 0.776. The second-order valence-electron chi connectivity index (χ2n) is 5.21. The molecule has 1 N–H and O–H groups in total. The highest BCUT2D eigenvalue weighted by molar-refractivity contribution is 7.71. The zero-order valence-corrected chi connectivity index (χ0v) is 10.5. The molecule has 0 aliphatic heterocycles. The van der Waals surface area contributed by atoms with Gasteiger partial charge in [-0.3, -0.25) is 0 Å². The molecule has 1 heterocycles. The van der Waals surface area contributed by atoms with E-state index in [1.165, 1.54) is 18.4 Å². The summed E-state index contributed by atoms with van der Waals surface area (Å²) < 4.78 is 3.13. The second kappa shape index (κ2) is 3.20. The number of imidazole rings is 1. The van der Waals surface area contributed by atoms with Crippen molar-refractivity contribution in [3.05, 3.63) is 29.0 Å². The summed E-state index contributed by atoms with van der Waals surface area (Å²) in [5, 5.41) is 0. The van der Waals surface area contributed by atoms with Gasteiger partial charge in [-0.15, -0.1) is 0 Å². The van der Waals surface area contributed by atoms with Crippen molar-refractivity contribution in [3.8, 4) is 0 Å². The predicted octanol–water partition coefficient (Wildman–Crippen LogP) is 3.84. The Hall–Kier alpha value is -1.09. The van der Waals surface area contributed by atoms with E-state index in [9.17, 15) is 0 Å². The lowest BCUT2D eigenvalue weighted by molar-refractivity contribution is 0.310. The van der Waals surface area contributed by atoms with Crippen molar-refractivity contribution in [1.82, 2.24) is 9.55 Å². The number of nitrogens with one attached hydrogen (secondary N) is 1. The van der Waals surface area contributed by atoms with E-state index in [-0.39, 0.29) is 5.54 Å². The molecule has 1 saturated carbocycles. The third-order valence-electron chi connectivity index (χ3n) is 3.74. The molecule has 0 amide bonds. The van der Waals surface area contributed by atoms with E-state index in [0.29, 0.717) is 0 Å². The van der Waals surface area contributed by atoms with Gasteiger partial charge in [-0.1, -0.05) is 12.1 Å². The fourth-order valence-electron chi connectivity index (χ4n) is 2.60. The van der Waals surface area contributed by atoms with Gasteiger partial charge in [-0.2, -0.15) is 0 Å². The van der Waals surface area contributed by atoms with Crippen molar-refractivity contribution < 1.29 is 0 Å². The standard InChI is InChI=1S/C13H16N2S/c1-13(2,9-7-8-9)15-11-6-4-3-5-10(11)14-12(15)16/h3-6,9H,7-8H2,1-2H3,(H,14,16). The molecule has 0 atom stereocenters. The number of H-pyrrole nitrogens is 1. The zero-order chi connectivity index (χ0) is 11.3. The van der Waals surface area contributed by atoms with Crippen LogP contribution in [-0.2, 0) is 5.54 Å². The minimum absolute atomic E-state index is 0.136. The van der Waals surface area contributed by atoms with Crippen LogP contribution in [0.4, 0.5) is 0 Å². The predicted molar refractivity (Wildman–Crippen MR) is 69.2 cm³/mol. The molecule has 84 valence electrons. The maximum Gasteiger partial charge on any atom is 0.178 e. The normalized spacial score (nSPS) is 16.9. The Labute approximate surface area is 100 Å². The highest BCUT2D eigenvalue weighted by atomic mass is 32.1. The molecule has 1 fully saturated rings. The van der Waals surface area contributed by atoms with Crippen molar-refractivity contribution in [2.75, 3.05) is 0 Å². The van der Waals surface area contributed by atoms with E-state index in [2.05, 4.69) is 41.6 Å². The molecule has 1 aliphatic carbocycles. The molecule has 1 aromatic heterocycles. The molecule has 2 aromatic rings. The molecule has 2 nitrogen and oxygen atoms in total. The fraction of sp³-hybridized carbons (Fsp3) is 0.462. The summed E-state index contributed by atoms with van der Waals surface area (Å²) in [5.41, 5.74) is 2.50. The first kappa shape index (κ1) is 10.1. The number of aromatic amines is 1. The smallest absolute Gasteiger partial charge is 0.178 e. The van der Waals surface area contributed by atoms with Crippen LogP contribution in [0.1, 0.15) is 26.7 Å². The van der Waals surface area contributed by atoms with Crippen molar-refractivity contribution in [1.29, 1.82) is 0 Å². The van der Waals surface area contributed by atoms with Gasteiger partial charge in [0.15, 0.2) is 4.77 Å². The van der Waals surface area contributed by atoms with E-state index in [1.54, 1.807) is 0 Å². The van der Waals surface area contributed by atoms with Gasteiger partial charge in [-0.25, -0.2) is 0 Å². The van der Waals surface area contributed by atoms with Crippen LogP contribution in [0.2, 0.25) is 0 Å². The summed E-state index contributed by atoms with van der Waals surface area (Å²) in [7, 11) is 0. The summed E-state index contributed by atoms with van der Waals surface area (Å²) in [6.07, 6.45) is 2.66. The summed E-state index contributed by atoms with van der Waals surface area (Å²) >= 11 is 5.46. The van der Waals surface area contributed by atoms with Crippen molar-refractivity contribution in [2.24, 2.45) is 5.92 Å². The van der Waals surface area contributed by atoms with Gasteiger partial charge >= 0.3 is 0 Å². The second-order valence-corrected chi connectivity index (χ2v) is 5.60. The lowest BCUT2D eigenvalue weighted by Crippen LogP contribution is -2.28. The number of benzene rings is 1. The first-order valence-electron chi connectivity index (χ1n) is 5.81.